The third-order valence-electron chi connectivity index (χ3n) is 3.20. The number of nitrogens with zero attached hydrogens (tertiary/aromatic N) is 4. The first kappa shape index (κ1) is 13.1. The minimum atomic E-state index is 0.709. The minimum absolute atomic E-state index is 0.709. The van der Waals surface area contributed by atoms with E-state index in [4.69, 9.17) is 11.6 Å². The smallest absolute Gasteiger partial charge is 0.137 e. The standard InChI is InChI=1S/C14H16ClN5/c1-10-11(7-19(2)18-10)5-16-6-13-9-20-8-12(15)3-4-14(20)17-13/h3-4,7-9,16H,5-6H2,1-2H3. The van der Waals surface area contributed by atoms with Crippen molar-refractivity contribution in [1.29, 1.82) is 0 Å². The predicted molar refractivity (Wildman–Crippen MR) is 78.7 cm³/mol. The second-order valence-electron chi connectivity index (χ2n) is 4.86. The lowest BCUT2D eigenvalue weighted by molar-refractivity contribution is 0.680. The summed E-state index contributed by atoms with van der Waals surface area (Å²) in [4.78, 5) is 4.53. The zero-order chi connectivity index (χ0) is 14.1. The quantitative estimate of drug-likeness (QED) is 0.802. The van der Waals surface area contributed by atoms with Crippen LogP contribution in [0, 0.1) is 6.92 Å². The van der Waals surface area contributed by atoms with Gasteiger partial charge in [-0.2, -0.15) is 5.10 Å². The molecular weight excluding hydrogens is 274 g/mol. The van der Waals surface area contributed by atoms with E-state index in [-0.39, 0.29) is 0 Å². The van der Waals surface area contributed by atoms with Crippen LogP contribution in [0.4, 0.5) is 0 Å². The number of aromatic nitrogens is 4. The lowest BCUT2D eigenvalue weighted by Gasteiger charge is -2.00. The molecule has 0 bridgehead atoms. The van der Waals surface area contributed by atoms with Crippen LogP contribution in [0.5, 0.6) is 0 Å². The maximum atomic E-state index is 5.96. The summed E-state index contributed by atoms with van der Waals surface area (Å²) in [5.74, 6) is 0. The van der Waals surface area contributed by atoms with Crippen molar-refractivity contribution in [2.24, 2.45) is 7.05 Å². The molecule has 0 spiro atoms. The first-order valence-corrected chi connectivity index (χ1v) is 6.82. The second kappa shape index (κ2) is 5.26. The molecule has 0 radical (unpaired) electrons. The highest BCUT2D eigenvalue weighted by molar-refractivity contribution is 6.30. The van der Waals surface area contributed by atoms with Gasteiger partial charge < -0.3 is 9.72 Å². The molecule has 5 nitrogen and oxygen atoms in total. The summed E-state index contributed by atoms with van der Waals surface area (Å²) >= 11 is 5.96. The van der Waals surface area contributed by atoms with Crippen molar-refractivity contribution < 1.29 is 0 Å². The van der Waals surface area contributed by atoms with E-state index < -0.39 is 0 Å². The number of halogens is 1. The highest BCUT2D eigenvalue weighted by Crippen LogP contribution is 2.12. The molecule has 104 valence electrons. The Hall–Kier alpha value is -1.85. The van der Waals surface area contributed by atoms with E-state index in [1.807, 2.05) is 53.8 Å². The fourth-order valence-corrected chi connectivity index (χ4v) is 2.42. The predicted octanol–water partition coefficient (Wildman–Crippen LogP) is 2.32. The van der Waals surface area contributed by atoms with Gasteiger partial charge in [-0.05, 0) is 19.1 Å². The largest absolute Gasteiger partial charge is 0.307 e. The first-order valence-electron chi connectivity index (χ1n) is 6.45. The molecule has 0 aromatic carbocycles. The number of imidazole rings is 1. The van der Waals surface area contributed by atoms with E-state index in [1.165, 1.54) is 5.56 Å². The van der Waals surface area contributed by atoms with E-state index in [2.05, 4.69) is 15.4 Å². The highest BCUT2D eigenvalue weighted by atomic mass is 35.5. The molecule has 3 heterocycles. The van der Waals surface area contributed by atoms with E-state index in [9.17, 15) is 0 Å². The molecule has 0 aliphatic heterocycles. The van der Waals surface area contributed by atoms with E-state index >= 15 is 0 Å². The highest BCUT2D eigenvalue weighted by Gasteiger charge is 2.04. The van der Waals surface area contributed by atoms with Crippen molar-refractivity contribution in [1.82, 2.24) is 24.5 Å². The van der Waals surface area contributed by atoms with Crippen LogP contribution in [-0.4, -0.2) is 19.2 Å². The summed E-state index contributed by atoms with van der Waals surface area (Å²) < 4.78 is 3.77. The Morgan fingerprint density at radius 2 is 2.05 bits per heavy atom. The molecule has 0 unspecified atom stereocenters. The average Bonchev–Trinajstić information content (AvgIpc) is 2.92. The van der Waals surface area contributed by atoms with Gasteiger partial charge in [-0.1, -0.05) is 11.6 Å². The van der Waals surface area contributed by atoms with Gasteiger partial charge in [0.1, 0.15) is 5.65 Å². The SMILES string of the molecule is Cc1nn(C)cc1CNCc1cn2cc(Cl)ccc2n1. The molecule has 20 heavy (non-hydrogen) atoms. The normalized spacial score (nSPS) is 11.3. The van der Waals surface area contributed by atoms with E-state index in [1.54, 1.807) is 0 Å². The topological polar surface area (TPSA) is 47.2 Å². The molecule has 1 N–H and O–H groups in total. The molecule has 0 saturated carbocycles. The van der Waals surface area contributed by atoms with Crippen LogP contribution in [0.1, 0.15) is 17.0 Å². The molecule has 0 amide bonds. The van der Waals surface area contributed by atoms with Crippen LogP contribution in [0.2, 0.25) is 5.02 Å². The number of pyridine rings is 1. The van der Waals surface area contributed by atoms with Gasteiger partial charge in [-0.3, -0.25) is 4.68 Å². The first-order chi connectivity index (χ1) is 9.61. The monoisotopic (exact) mass is 289 g/mol. The Morgan fingerprint density at radius 1 is 1.20 bits per heavy atom. The molecule has 0 atom stereocenters. The van der Waals surface area contributed by atoms with Gasteiger partial charge in [0.25, 0.3) is 0 Å². The van der Waals surface area contributed by atoms with Crippen molar-refractivity contribution in [3.63, 3.8) is 0 Å². The number of rotatable bonds is 4. The van der Waals surface area contributed by atoms with Gasteiger partial charge in [0, 0.05) is 44.3 Å². The molecule has 0 aliphatic carbocycles. The van der Waals surface area contributed by atoms with Crippen molar-refractivity contribution in [3.05, 3.63) is 52.7 Å². The lowest BCUT2D eigenvalue weighted by atomic mass is 10.2. The molecule has 0 saturated heterocycles. The van der Waals surface area contributed by atoms with Crippen LogP contribution in [0.15, 0.2) is 30.7 Å². The number of hydrogen-bond acceptors (Lipinski definition) is 3. The second-order valence-corrected chi connectivity index (χ2v) is 5.30. The van der Waals surface area contributed by atoms with Crippen LogP contribution in [-0.2, 0) is 20.1 Å². The average molecular weight is 290 g/mol. The maximum absolute atomic E-state index is 5.96. The number of fused-ring (bicyclic) bond motifs is 1. The van der Waals surface area contributed by atoms with Gasteiger partial charge in [0.2, 0.25) is 0 Å². The van der Waals surface area contributed by atoms with Gasteiger partial charge in [-0.25, -0.2) is 4.98 Å². The lowest BCUT2D eigenvalue weighted by Crippen LogP contribution is -2.13. The molecule has 3 rings (SSSR count). The summed E-state index contributed by atoms with van der Waals surface area (Å²) in [6, 6.07) is 3.76. The summed E-state index contributed by atoms with van der Waals surface area (Å²) in [6.07, 6.45) is 5.88. The number of hydrogen-bond donors (Lipinski definition) is 1. The molecule has 3 aromatic heterocycles. The Labute approximate surface area is 122 Å². The summed E-state index contributed by atoms with van der Waals surface area (Å²) in [6.45, 7) is 3.52. The summed E-state index contributed by atoms with van der Waals surface area (Å²) in [5.41, 5.74) is 4.17. The summed E-state index contributed by atoms with van der Waals surface area (Å²) in [7, 11) is 1.93. The zero-order valence-electron chi connectivity index (χ0n) is 11.5. The zero-order valence-corrected chi connectivity index (χ0v) is 12.2. The third kappa shape index (κ3) is 2.69. The number of nitrogens with one attached hydrogen (secondary N) is 1. The Kier molecular flexibility index (Phi) is 3.46. The van der Waals surface area contributed by atoms with Crippen LogP contribution < -0.4 is 5.32 Å². The maximum Gasteiger partial charge on any atom is 0.137 e. The van der Waals surface area contributed by atoms with Crippen LogP contribution >= 0.6 is 11.6 Å². The van der Waals surface area contributed by atoms with E-state index in [0.717, 1.165) is 23.6 Å². The van der Waals surface area contributed by atoms with Crippen molar-refractivity contribution in [2.45, 2.75) is 20.0 Å². The minimum Gasteiger partial charge on any atom is -0.307 e. The Balaban J connectivity index is 1.66. The van der Waals surface area contributed by atoms with Gasteiger partial charge in [0.15, 0.2) is 0 Å². The fraction of sp³-hybridized carbons (Fsp3) is 0.286. The van der Waals surface area contributed by atoms with Crippen molar-refractivity contribution in [3.8, 4) is 0 Å². The molecule has 0 aliphatic rings. The van der Waals surface area contributed by atoms with Crippen LogP contribution in [0.3, 0.4) is 0 Å². The van der Waals surface area contributed by atoms with Gasteiger partial charge in [0.05, 0.1) is 16.4 Å². The number of aryl methyl sites for hydroxylation is 2. The van der Waals surface area contributed by atoms with Gasteiger partial charge in [-0.15, -0.1) is 0 Å². The van der Waals surface area contributed by atoms with Crippen molar-refractivity contribution >= 4 is 17.2 Å². The van der Waals surface area contributed by atoms with Crippen molar-refractivity contribution in [2.75, 3.05) is 0 Å². The Bertz CT molecular complexity index is 743. The third-order valence-corrected chi connectivity index (χ3v) is 3.43. The fourth-order valence-electron chi connectivity index (χ4n) is 2.25. The molecule has 0 fully saturated rings. The Morgan fingerprint density at radius 3 is 2.80 bits per heavy atom. The molecular formula is C14H16ClN5. The van der Waals surface area contributed by atoms with E-state index in [0.29, 0.717) is 11.6 Å². The molecule has 3 aromatic rings. The molecule has 6 heteroatoms. The summed E-state index contributed by atoms with van der Waals surface area (Å²) in [5, 5.41) is 8.42. The van der Waals surface area contributed by atoms with Gasteiger partial charge >= 0.3 is 0 Å². The van der Waals surface area contributed by atoms with Crippen LogP contribution in [0.25, 0.3) is 5.65 Å².